The molecule has 4 atom stereocenters. The molecule has 1 saturated carbocycles. The maximum atomic E-state index is 14.4. The fourth-order valence-electron chi connectivity index (χ4n) is 4.93. The summed E-state index contributed by atoms with van der Waals surface area (Å²) in [4.78, 5) is 42.8. The maximum absolute atomic E-state index is 14.4. The number of aryl methyl sites for hydroxylation is 2. The summed E-state index contributed by atoms with van der Waals surface area (Å²) < 4.78 is 5.49. The molecule has 212 valence electrons. The Bertz CT molecular complexity index is 1160. The van der Waals surface area contributed by atoms with E-state index >= 15 is 0 Å². The number of nitrogens with one attached hydrogen (secondary N) is 2. The van der Waals surface area contributed by atoms with Crippen LogP contribution in [0.15, 0.2) is 48.5 Å². The van der Waals surface area contributed by atoms with Gasteiger partial charge in [0.15, 0.2) is 0 Å². The van der Waals surface area contributed by atoms with E-state index in [0.717, 1.165) is 28.7 Å². The first-order valence-corrected chi connectivity index (χ1v) is 14.0. The van der Waals surface area contributed by atoms with Crippen LogP contribution in [0, 0.1) is 25.7 Å². The highest BCUT2D eigenvalue weighted by Gasteiger charge is 2.48. The first kappa shape index (κ1) is 30.2. The monoisotopic (exact) mass is 535 g/mol. The molecule has 0 spiro atoms. The lowest BCUT2D eigenvalue weighted by molar-refractivity contribution is -0.143. The second-order valence-corrected chi connectivity index (χ2v) is 12.3. The highest BCUT2D eigenvalue weighted by atomic mass is 16.6. The standard InChI is InChI=1S/C32H45N3O4/c1-20(2)16-26(34-31(38)39-32(6,7)8)30(37)35(27-18-23(27)5)28(25-15-14-21(3)17-22(25)4)29(36)33-19-24-12-10-9-11-13-24/h9-15,17,20,23,26-28H,16,18-19H2,1-8H3,(H,33,36)(H,34,38). The zero-order valence-corrected chi connectivity index (χ0v) is 24.7. The van der Waals surface area contributed by atoms with Gasteiger partial charge in [0.05, 0.1) is 0 Å². The first-order chi connectivity index (χ1) is 18.3. The molecule has 4 unspecified atom stereocenters. The van der Waals surface area contributed by atoms with Crippen molar-refractivity contribution in [1.82, 2.24) is 15.5 Å². The molecule has 0 aliphatic heterocycles. The molecule has 0 saturated heterocycles. The van der Waals surface area contributed by atoms with Gasteiger partial charge in [-0.25, -0.2) is 4.79 Å². The van der Waals surface area contributed by atoms with Crippen molar-refractivity contribution in [2.24, 2.45) is 11.8 Å². The number of rotatable bonds is 10. The second kappa shape index (κ2) is 12.7. The molecule has 3 amide bonds. The maximum Gasteiger partial charge on any atom is 0.408 e. The number of amides is 3. The molecule has 2 aromatic carbocycles. The Hall–Kier alpha value is -3.35. The Morgan fingerprint density at radius 1 is 1.05 bits per heavy atom. The fraction of sp³-hybridized carbons (Fsp3) is 0.531. The highest BCUT2D eigenvalue weighted by Crippen LogP contribution is 2.41. The number of carbonyl (C=O) groups is 3. The Balaban J connectivity index is 2.00. The Morgan fingerprint density at radius 3 is 2.23 bits per heavy atom. The van der Waals surface area contributed by atoms with Gasteiger partial charge in [-0.1, -0.05) is 74.9 Å². The normalized spacial score (nSPS) is 18.2. The topological polar surface area (TPSA) is 87.7 Å². The van der Waals surface area contributed by atoms with Crippen molar-refractivity contribution in [2.45, 2.75) is 98.5 Å². The lowest BCUT2D eigenvalue weighted by Crippen LogP contribution is -2.54. The number of nitrogens with zero attached hydrogens (tertiary/aromatic N) is 1. The van der Waals surface area contributed by atoms with Gasteiger partial charge in [-0.3, -0.25) is 9.59 Å². The minimum absolute atomic E-state index is 0.0965. The van der Waals surface area contributed by atoms with Crippen molar-refractivity contribution < 1.29 is 19.1 Å². The van der Waals surface area contributed by atoms with E-state index in [4.69, 9.17) is 4.74 Å². The molecule has 3 rings (SSSR count). The van der Waals surface area contributed by atoms with Crippen LogP contribution in [0.1, 0.15) is 82.7 Å². The number of ether oxygens (including phenoxy) is 1. The van der Waals surface area contributed by atoms with Gasteiger partial charge in [0.25, 0.3) is 0 Å². The molecular formula is C32H45N3O4. The van der Waals surface area contributed by atoms with Gasteiger partial charge in [0.2, 0.25) is 11.8 Å². The number of hydrogen-bond donors (Lipinski definition) is 2. The highest BCUT2D eigenvalue weighted by molar-refractivity contribution is 5.93. The van der Waals surface area contributed by atoms with Gasteiger partial charge in [0.1, 0.15) is 17.7 Å². The molecule has 0 aromatic heterocycles. The molecule has 1 fully saturated rings. The quantitative estimate of drug-likeness (QED) is 0.400. The molecular weight excluding hydrogens is 490 g/mol. The lowest BCUT2D eigenvalue weighted by atomic mass is 9.95. The number of hydrogen-bond acceptors (Lipinski definition) is 4. The van der Waals surface area contributed by atoms with Crippen LogP contribution in [0.2, 0.25) is 0 Å². The number of alkyl carbamates (subject to hydrolysis) is 1. The van der Waals surface area contributed by atoms with Crippen LogP contribution in [0.5, 0.6) is 0 Å². The van der Waals surface area contributed by atoms with E-state index in [9.17, 15) is 14.4 Å². The summed E-state index contributed by atoms with van der Waals surface area (Å²) in [5, 5.41) is 5.90. The Labute approximate surface area is 233 Å². The van der Waals surface area contributed by atoms with Crippen molar-refractivity contribution in [3.8, 4) is 0 Å². The summed E-state index contributed by atoms with van der Waals surface area (Å²) in [5.41, 5.74) is 3.11. The van der Waals surface area contributed by atoms with Gasteiger partial charge < -0.3 is 20.3 Å². The second-order valence-electron chi connectivity index (χ2n) is 12.3. The predicted molar refractivity (Wildman–Crippen MR) is 154 cm³/mol. The Kier molecular flexibility index (Phi) is 9.81. The van der Waals surface area contributed by atoms with E-state index in [1.807, 2.05) is 76.2 Å². The van der Waals surface area contributed by atoms with Crippen molar-refractivity contribution >= 4 is 17.9 Å². The zero-order chi connectivity index (χ0) is 28.9. The van der Waals surface area contributed by atoms with Gasteiger partial charge in [-0.15, -0.1) is 0 Å². The van der Waals surface area contributed by atoms with E-state index in [1.165, 1.54) is 0 Å². The van der Waals surface area contributed by atoms with Crippen LogP contribution in [0.3, 0.4) is 0 Å². The third kappa shape index (κ3) is 8.57. The minimum atomic E-state index is -0.827. The van der Waals surface area contributed by atoms with E-state index in [1.54, 1.807) is 25.7 Å². The third-order valence-electron chi connectivity index (χ3n) is 6.93. The third-order valence-corrected chi connectivity index (χ3v) is 6.93. The zero-order valence-electron chi connectivity index (χ0n) is 24.7. The lowest BCUT2D eigenvalue weighted by Gasteiger charge is -2.36. The van der Waals surface area contributed by atoms with E-state index in [0.29, 0.717) is 13.0 Å². The summed E-state index contributed by atoms with van der Waals surface area (Å²) in [6.07, 6.45) is 0.600. The van der Waals surface area contributed by atoms with Crippen molar-refractivity contribution in [3.63, 3.8) is 0 Å². The van der Waals surface area contributed by atoms with E-state index in [2.05, 4.69) is 17.6 Å². The molecule has 0 heterocycles. The van der Waals surface area contributed by atoms with E-state index in [-0.39, 0.29) is 29.7 Å². The van der Waals surface area contributed by atoms with Crippen LogP contribution < -0.4 is 10.6 Å². The summed E-state index contributed by atoms with van der Waals surface area (Å²) in [7, 11) is 0. The molecule has 2 aromatic rings. The summed E-state index contributed by atoms with van der Waals surface area (Å²) in [6, 6.07) is 13.9. The Morgan fingerprint density at radius 2 is 1.69 bits per heavy atom. The van der Waals surface area contributed by atoms with Crippen molar-refractivity contribution in [2.75, 3.05) is 0 Å². The van der Waals surface area contributed by atoms with Gasteiger partial charge in [-0.2, -0.15) is 0 Å². The molecule has 0 radical (unpaired) electrons. The SMILES string of the molecule is Cc1ccc(C(C(=O)NCc2ccccc2)N(C(=O)C(CC(C)C)NC(=O)OC(C)(C)C)C2CC2C)c(C)c1. The van der Waals surface area contributed by atoms with Crippen LogP contribution in [0.25, 0.3) is 0 Å². The van der Waals surface area contributed by atoms with Crippen molar-refractivity contribution in [1.29, 1.82) is 0 Å². The van der Waals surface area contributed by atoms with Gasteiger partial charge in [0, 0.05) is 12.6 Å². The molecule has 1 aliphatic rings. The average molecular weight is 536 g/mol. The number of carbonyl (C=O) groups excluding carboxylic acids is 3. The van der Waals surface area contributed by atoms with Gasteiger partial charge >= 0.3 is 6.09 Å². The smallest absolute Gasteiger partial charge is 0.408 e. The van der Waals surface area contributed by atoms with Crippen LogP contribution >= 0.6 is 0 Å². The average Bonchev–Trinajstić information content (AvgIpc) is 3.55. The van der Waals surface area contributed by atoms with E-state index < -0.39 is 23.8 Å². The van der Waals surface area contributed by atoms with Crippen molar-refractivity contribution in [3.05, 3.63) is 70.8 Å². The summed E-state index contributed by atoms with van der Waals surface area (Å²) in [5.74, 6) is -0.105. The largest absolute Gasteiger partial charge is 0.444 e. The molecule has 1 aliphatic carbocycles. The molecule has 2 N–H and O–H groups in total. The van der Waals surface area contributed by atoms with Crippen LogP contribution in [-0.4, -0.2) is 40.5 Å². The molecule has 39 heavy (non-hydrogen) atoms. The summed E-state index contributed by atoms with van der Waals surface area (Å²) >= 11 is 0. The summed E-state index contributed by atoms with van der Waals surface area (Å²) in [6.45, 7) is 15.8. The van der Waals surface area contributed by atoms with Gasteiger partial charge in [-0.05, 0) is 76.0 Å². The predicted octanol–water partition coefficient (Wildman–Crippen LogP) is 5.84. The molecule has 7 nitrogen and oxygen atoms in total. The minimum Gasteiger partial charge on any atom is -0.444 e. The molecule has 7 heteroatoms. The number of benzene rings is 2. The fourth-order valence-corrected chi connectivity index (χ4v) is 4.93. The molecule has 0 bridgehead atoms. The van der Waals surface area contributed by atoms with Crippen LogP contribution in [-0.2, 0) is 20.9 Å². The first-order valence-electron chi connectivity index (χ1n) is 14.0. The van der Waals surface area contributed by atoms with Crippen LogP contribution in [0.4, 0.5) is 4.79 Å².